The van der Waals surface area contributed by atoms with E-state index in [4.69, 9.17) is 0 Å². The molecular weight excluding hydrogens is 340 g/mol. The number of hydrogen-bond donors (Lipinski definition) is 0. The molecule has 0 heterocycles. The lowest BCUT2D eigenvalue weighted by Crippen LogP contribution is -2.10. The molecule has 0 spiro atoms. The van der Waals surface area contributed by atoms with Crippen LogP contribution in [0.1, 0.15) is 15.9 Å². The maximum absolute atomic E-state index is 13.5. The molecule has 0 N–H and O–H groups in total. The molecule has 0 fully saturated rings. The standard InChI is InChI=1S/C14H7BrF4O/c15-10-2-1-8(16)3-7(10)4-13(20)14-11(18)5-9(17)6-12(14)19/h1-3,5-6H,4H2. The van der Waals surface area contributed by atoms with Crippen molar-refractivity contribution in [3.05, 3.63) is 69.2 Å². The van der Waals surface area contributed by atoms with Crippen molar-refractivity contribution in [3.8, 4) is 0 Å². The summed E-state index contributed by atoms with van der Waals surface area (Å²) in [5.74, 6) is -5.13. The molecule has 104 valence electrons. The Morgan fingerprint density at radius 3 is 2.15 bits per heavy atom. The highest BCUT2D eigenvalue weighted by atomic mass is 79.9. The lowest BCUT2D eigenvalue weighted by Gasteiger charge is -2.06. The summed E-state index contributed by atoms with van der Waals surface area (Å²) in [6.07, 6.45) is -0.405. The Kier molecular flexibility index (Phi) is 4.23. The number of halogens is 5. The highest BCUT2D eigenvalue weighted by molar-refractivity contribution is 9.10. The average Bonchev–Trinajstić information content (AvgIpc) is 2.32. The Labute approximate surface area is 120 Å². The van der Waals surface area contributed by atoms with Crippen molar-refractivity contribution in [2.75, 3.05) is 0 Å². The Bertz CT molecular complexity index is 662. The van der Waals surface area contributed by atoms with Crippen molar-refractivity contribution in [1.82, 2.24) is 0 Å². The summed E-state index contributed by atoms with van der Waals surface area (Å²) in [4.78, 5) is 11.9. The van der Waals surface area contributed by atoms with E-state index in [1.807, 2.05) is 0 Å². The quantitative estimate of drug-likeness (QED) is 0.593. The first-order valence-electron chi connectivity index (χ1n) is 5.50. The van der Waals surface area contributed by atoms with Crippen molar-refractivity contribution in [3.63, 3.8) is 0 Å². The minimum atomic E-state index is -1.28. The molecule has 1 nitrogen and oxygen atoms in total. The van der Waals surface area contributed by atoms with Gasteiger partial charge in [0.15, 0.2) is 5.78 Å². The fourth-order valence-electron chi connectivity index (χ4n) is 1.75. The number of carbonyl (C=O) groups excluding carboxylic acids is 1. The van der Waals surface area contributed by atoms with Gasteiger partial charge >= 0.3 is 0 Å². The van der Waals surface area contributed by atoms with Crippen LogP contribution in [0.4, 0.5) is 17.6 Å². The fourth-order valence-corrected chi connectivity index (χ4v) is 2.14. The van der Waals surface area contributed by atoms with Crippen LogP contribution in [-0.4, -0.2) is 5.78 Å². The van der Waals surface area contributed by atoms with E-state index >= 15 is 0 Å². The summed E-state index contributed by atoms with van der Waals surface area (Å²) in [5.41, 5.74) is -0.583. The number of ketones is 1. The molecular formula is C14H7BrF4O. The molecule has 0 saturated carbocycles. The topological polar surface area (TPSA) is 17.1 Å². The van der Waals surface area contributed by atoms with Gasteiger partial charge in [0, 0.05) is 23.0 Å². The molecule has 0 radical (unpaired) electrons. The van der Waals surface area contributed by atoms with Crippen molar-refractivity contribution in [2.24, 2.45) is 0 Å². The largest absolute Gasteiger partial charge is 0.294 e. The monoisotopic (exact) mass is 346 g/mol. The van der Waals surface area contributed by atoms with Crippen LogP contribution >= 0.6 is 15.9 Å². The molecule has 0 saturated heterocycles. The fraction of sp³-hybridized carbons (Fsp3) is 0.0714. The second-order valence-corrected chi connectivity index (χ2v) is 4.93. The predicted molar refractivity (Wildman–Crippen MR) is 68.5 cm³/mol. The zero-order chi connectivity index (χ0) is 14.9. The van der Waals surface area contributed by atoms with E-state index in [1.165, 1.54) is 12.1 Å². The van der Waals surface area contributed by atoms with Crippen LogP contribution in [0.3, 0.4) is 0 Å². The molecule has 0 bridgehead atoms. The maximum Gasteiger partial charge on any atom is 0.173 e. The molecule has 20 heavy (non-hydrogen) atoms. The van der Waals surface area contributed by atoms with Gasteiger partial charge in [0.2, 0.25) is 0 Å². The first kappa shape index (κ1) is 14.7. The van der Waals surface area contributed by atoms with Crippen LogP contribution in [0.15, 0.2) is 34.8 Å². The molecule has 6 heteroatoms. The van der Waals surface area contributed by atoms with Crippen LogP contribution in [0.2, 0.25) is 0 Å². The zero-order valence-electron chi connectivity index (χ0n) is 9.89. The summed E-state index contributed by atoms with van der Waals surface area (Å²) in [5, 5.41) is 0. The SMILES string of the molecule is O=C(Cc1cc(F)ccc1Br)c1c(F)cc(F)cc1F. The van der Waals surface area contributed by atoms with Gasteiger partial charge in [-0.3, -0.25) is 4.79 Å². The van der Waals surface area contributed by atoms with Gasteiger partial charge in [-0.2, -0.15) is 0 Å². The lowest BCUT2D eigenvalue weighted by atomic mass is 10.0. The van der Waals surface area contributed by atoms with Crippen LogP contribution in [-0.2, 0) is 6.42 Å². The Morgan fingerprint density at radius 2 is 1.55 bits per heavy atom. The minimum absolute atomic E-state index is 0.248. The van der Waals surface area contributed by atoms with Crippen molar-refractivity contribution in [2.45, 2.75) is 6.42 Å². The van der Waals surface area contributed by atoms with Crippen LogP contribution in [0, 0.1) is 23.3 Å². The molecule has 2 aromatic carbocycles. The van der Waals surface area contributed by atoms with Gasteiger partial charge in [0.05, 0.1) is 5.56 Å². The molecule has 0 aliphatic rings. The van der Waals surface area contributed by atoms with Crippen molar-refractivity contribution in [1.29, 1.82) is 0 Å². The molecule has 2 aromatic rings. The highest BCUT2D eigenvalue weighted by Crippen LogP contribution is 2.22. The van der Waals surface area contributed by atoms with Gasteiger partial charge in [-0.05, 0) is 23.8 Å². The highest BCUT2D eigenvalue weighted by Gasteiger charge is 2.20. The summed E-state index contributed by atoms with van der Waals surface area (Å²) < 4.78 is 53.2. The van der Waals surface area contributed by atoms with Gasteiger partial charge in [0.25, 0.3) is 0 Å². The number of Topliss-reactive ketones (excluding diaryl/α,β-unsaturated/α-hetero) is 1. The lowest BCUT2D eigenvalue weighted by molar-refractivity contribution is 0.0984. The van der Waals surface area contributed by atoms with E-state index < -0.39 is 41.0 Å². The van der Waals surface area contributed by atoms with Crippen LogP contribution in [0.5, 0.6) is 0 Å². The third kappa shape index (κ3) is 3.07. The third-order valence-corrected chi connectivity index (χ3v) is 3.42. The van der Waals surface area contributed by atoms with Crippen molar-refractivity contribution >= 4 is 21.7 Å². The van der Waals surface area contributed by atoms with Gasteiger partial charge in [-0.1, -0.05) is 15.9 Å². The first-order valence-corrected chi connectivity index (χ1v) is 6.29. The molecule has 0 unspecified atom stereocenters. The molecule has 0 aliphatic carbocycles. The number of rotatable bonds is 3. The maximum atomic E-state index is 13.5. The van der Waals surface area contributed by atoms with Crippen molar-refractivity contribution < 1.29 is 22.4 Å². The Hall–Kier alpha value is -1.69. The Morgan fingerprint density at radius 1 is 0.950 bits per heavy atom. The predicted octanol–water partition coefficient (Wildman–Crippen LogP) is 4.43. The van der Waals surface area contributed by atoms with Gasteiger partial charge < -0.3 is 0 Å². The summed E-state index contributed by atoms with van der Waals surface area (Å²) in [6, 6.07) is 4.50. The molecule has 0 aliphatic heterocycles. The second-order valence-electron chi connectivity index (χ2n) is 4.08. The smallest absolute Gasteiger partial charge is 0.173 e. The van der Waals surface area contributed by atoms with Crippen LogP contribution in [0.25, 0.3) is 0 Å². The van der Waals surface area contributed by atoms with Crippen LogP contribution < -0.4 is 0 Å². The molecule has 0 atom stereocenters. The molecule has 0 amide bonds. The van der Waals surface area contributed by atoms with E-state index in [1.54, 1.807) is 0 Å². The van der Waals surface area contributed by atoms with E-state index in [9.17, 15) is 22.4 Å². The summed E-state index contributed by atoms with van der Waals surface area (Å²) in [6.45, 7) is 0. The van der Waals surface area contributed by atoms with Gasteiger partial charge in [0.1, 0.15) is 23.3 Å². The number of hydrogen-bond acceptors (Lipinski definition) is 1. The summed E-state index contributed by atoms with van der Waals surface area (Å²) >= 11 is 3.11. The summed E-state index contributed by atoms with van der Waals surface area (Å²) in [7, 11) is 0. The zero-order valence-corrected chi connectivity index (χ0v) is 11.5. The van der Waals surface area contributed by atoms with E-state index in [0.717, 1.165) is 6.07 Å². The first-order chi connectivity index (χ1) is 9.38. The molecule has 0 aromatic heterocycles. The molecule has 2 rings (SSSR count). The van der Waals surface area contributed by atoms with Gasteiger partial charge in [-0.25, -0.2) is 17.6 Å². The average molecular weight is 347 g/mol. The third-order valence-electron chi connectivity index (χ3n) is 2.64. The van der Waals surface area contributed by atoms with E-state index in [0.29, 0.717) is 16.6 Å². The minimum Gasteiger partial charge on any atom is -0.294 e. The Balaban J connectivity index is 2.36. The second kappa shape index (κ2) is 5.75. The number of carbonyl (C=O) groups is 1. The van der Waals surface area contributed by atoms with E-state index in [2.05, 4.69) is 15.9 Å². The van der Waals surface area contributed by atoms with Gasteiger partial charge in [-0.15, -0.1) is 0 Å². The number of benzene rings is 2. The normalized spacial score (nSPS) is 10.7. The van der Waals surface area contributed by atoms with E-state index in [-0.39, 0.29) is 5.56 Å².